The summed E-state index contributed by atoms with van der Waals surface area (Å²) in [5, 5.41) is 6.14. The van der Waals surface area contributed by atoms with Crippen molar-refractivity contribution in [3.8, 4) is 0 Å². The van der Waals surface area contributed by atoms with Gasteiger partial charge >= 0.3 is 12.1 Å². The monoisotopic (exact) mass is 426 g/mol. The lowest BCUT2D eigenvalue weighted by Gasteiger charge is -2.36. The van der Waals surface area contributed by atoms with E-state index in [2.05, 4.69) is 24.5 Å². The van der Waals surface area contributed by atoms with Crippen LogP contribution >= 0.6 is 0 Å². The van der Waals surface area contributed by atoms with Crippen molar-refractivity contribution in [2.75, 3.05) is 6.61 Å². The average Bonchev–Trinajstić information content (AvgIpc) is 3.01. The third-order valence-corrected chi connectivity index (χ3v) is 5.59. The SMILES string of the molecule is CCCC(CCC)C(NC(C)=O)[C@H]1CC(C(=O)OCC)C[C@@H]1NC(=O)OC(C)(C)C. The number of alkyl carbamates (subject to hydrolysis) is 1. The first kappa shape index (κ1) is 26.2. The second-order valence-corrected chi connectivity index (χ2v) is 9.40. The molecule has 1 fully saturated rings. The number of carbonyl (C=O) groups is 3. The van der Waals surface area contributed by atoms with Crippen LogP contribution in [0.3, 0.4) is 0 Å². The lowest BCUT2D eigenvalue weighted by Crippen LogP contribution is -2.51. The molecule has 1 rings (SSSR count). The third-order valence-electron chi connectivity index (χ3n) is 5.59. The van der Waals surface area contributed by atoms with Crippen LogP contribution in [0.2, 0.25) is 0 Å². The van der Waals surface area contributed by atoms with Crippen LogP contribution in [0.25, 0.3) is 0 Å². The second kappa shape index (κ2) is 12.2. The summed E-state index contributed by atoms with van der Waals surface area (Å²) in [7, 11) is 0. The Morgan fingerprint density at radius 3 is 2.10 bits per heavy atom. The Balaban J connectivity index is 3.15. The van der Waals surface area contributed by atoms with Crippen LogP contribution in [0.1, 0.15) is 87.0 Å². The maximum Gasteiger partial charge on any atom is 0.407 e. The van der Waals surface area contributed by atoms with Crippen LogP contribution in [0, 0.1) is 17.8 Å². The van der Waals surface area contributed by atoms with Gasteiger partial charge in [-0.1, -0.05) is 26.7 Å². The molecule has 2 unspecified atom stereocenters. The third kappa shape index (κ3) is 8.52. The minimum atomic E-state index is -0.608. The van der Waals surface area contributed by atoms with Crippen molar-refractivity contribution in [1.29, 1.82) is 0 Å². The van der Waals surface area contributed by atoms with E-state index in [1.165, 1.54) is 6.92 Å². The normalized spacial score (nSPS) is 22.5. The molecule has 4 atom stereocenters. The summed E-state index contributed by atoms with van der Waals surface area (Å²) < 4.78 is 10.7. The molecule has 0 radical (unpaired) electrons. The Morgan fingerprint density at radius 1 is 1.03 bits per heavy atom. The van der Waals surface area contributed by atoms with Gasteiger partial charge in [-0.25, -0.2) is 4.79 Å². The summed E-state index contributed by atoms with van der Waals surface area (Å²) in [5.41, 5.74) is -0.608. The molecule has 174 valence electrons. The molecular formula is C23H42N2O5. The van der Waals surface area contributed by atoms with E-state index < -0.39 is 11.7 Å². The molecule has 1 aliphatic rings. The van der Waals surface area contributed by atoms with Crippen LogP contribution in [-0.4, -0.2) is 42.3 Å². The molecule has 2 N–H and O–H groups in total. The molecule has 1 aliphatic carbocycles. The van der Waals surface area contributed by atoms with Crippen molar-refractivity contribution in [1.82, 2.24) is 10.6 Å². The van der Waals surface area contributed by atoms with Crippen LogP contribution in [0.5, 0.6) is 0 Å². The molecule has 1 saturated carbocycles. The molecular weight excluding hydrogens is 384 g/mol. The quantitative estimate of drug-likeness (QED) is 0.511. The lowest BCUT2D eigenvalue weighted by molar-refractivity contribution is -0.147. The minimum Gasteiger partial charge on any atom is -0.466 e. The van der Waals surface area contributed by atoms with E-state index in [-0.39, 0.29) is 41.7 Å². The molecule has 30 heavy (non-hydrogen) atoms. The number of ether oxygens (including phenoxy) is 2. The van der Waals surface area contributed by atoms with E-state index in [9.17, 15) is 14.4 Å². The lowest BCUT2D eigenvalue weighted by atomic mass is 9.80. The zero-order valence-corrected chi connectivity index (χ0v) is 19.9. The van der Waals surface area contributed by atoms with Gasteiger partial charge in [0.15, 0.2) is 0 Å². The van der Waals surface area contributed by atoms with Gasteiger partial charge in [0.25, 0.3) is 0 Å². The van der Waals surface area contributed by atoms with E-state index >= 15 is 0 Å². The standard InChI is InChI=1S/C23H42N2O5/c1-8-11-16(12-9-2)20(24-15(4)26)18-13-17(21(27)29-10-3)14-19(18)25-22(28)30-23(5,6)7/h16-20H,8-14H2,1-7H3,(H,24,26)(H,25,28)/t17?,18-,19-,20?/m0/s1. The van der Waals surface area contributed by atoms with Crippen LogP contribution in [0.15, 0.2) is 0 Å². The molecule has 0 aromatic carbocycles. The van der Waals surface area contributed by atoms with E-state index in [0.717, 1.165) is 25.7 Å². The predicted octanol–water partition coefficient (Wildman–Crippen LogP) is 4.19. The number of hydrogen-bond donors (Lipinski definition) is 2. The number of carbonyl (C=O) groups excluding carboxylic acids is 3. The predicted molar refractivity (Wildman–Crippen MR) is 117 cm³/mol. The van der Waals surface area contributed by atoms with E-state index in [0.29, 0.717) is 19.4 Å². The molecule has 0 heterocycles. The number of rotatable bonds is 10. The van der Waals surface area contributed by atoms with Crippen LogP contribution in [0.4, 0.5) is 4.79 Å². The fourth-order valence-corrected chi connectivity index (χ4v) is 4.60. The van der Waals surface area contributed by atoms with Crippen molar-refractivity contribution >= 4 is 18.0 Å². The number of hydrogen-bond acceptors (Lipinski definition) is 5. The molecule has 0 spiro atoms. The highest BCUT2D eigenvalue weighted by Crippen LogP contribution is 2.38. The van der Waals surface area contributed by atoms with E-state index in [4.69, 9.17) is 9.47 Å². The Morgan fingerprint density at radius 2 is 1.63 bits per heavy atom. The van der Waals surface area contributed by atoms with Gasteiger partial charge < -0.3 is 20.1 Å². The summed E-state index contributed by atoms with van der Waals surface area (Å²) in [6.45, 7) is 13.4. The number of nitrogens with one attached hydrogen (secondary N) is 2. The molecule has 0 aliphatic heterocycles. The van der Waals surface area contributed by atoms with Gasteiger partial charge in [-0.15, -0.1) is 0 Å². The maximum absolute atomic E-state index is 12.5. The van der Waals surface area contributed by atoms with Crippen molar-refractivity contribution in [2.24, 2.45) is 17.8 Å². The fraction of sp³-hybridized carbons (Fsp3) is 0.870. The van der Waals surface area contributed by atoms with Crippen molar-refractivity contribution in [3.05, 3.63) is 0 Å². The highest BCUT2D eigenvalue weighted by atomic mass is 16.6. The molecule has 0 bridgehead atoms. The molecule has 0 aromatic rings. The minimum absolute atomic E-state index is 0.0566. The first-order chi connectivity index (χ1) is 14.0. The van der Waals surface area contributed by atoms with Crippen molar-refractivity contribution < 1.29 is 23.9 Å². The molecule has 0 aromatic heterocycles. The summed E-state index contributed by atoms with van der Waals surface area (Å²) in [4.78, 5) is 37.0. The second-order valence-electron chi connectivity index (χ2n) is 9.40. The zero-order valence-electron chi connectivity index (χ0n) is 19.9. The molecule has 7 heteroatoms. The molecule has 2 amide bonds. The first-order valence-electron chi connectivity index (χ1n) is 11.5. The largest absolute Gasteiger partial charge is 0.466 e. The Labute approximate surface area is 182 Å². The highest BCUT2D eigenvalue weighted by molar-refractivity contribution is 5.75. The van der Waals surface area contributed by atoms with Gasteiger partial charge in [0.05, 0.1) is 12.5 Å². The van der Waals surface area contributed by atoms with Crippen molar-refractivity contribution in [2.45, 2.75) is 105 Å². The van der Waals surface area contributed by atoms with Crippen LogP contribution in [-0.2, 0) is 19.1 Å². The van der Waals surface area contributed by atoms with Crippen LogP contribution < -0.4 is 10.6 Å². The van der Waals surface area contributed by atoms with E-state index in [1.807, 2.05) is 20.8 Å². The van der Waals surface area contributed by atoms with Gasteiger partial charge in [-0.3, -0.25) is 9.59 Å². The Kier molecular flexibility index (Phi) is 10.6. The molecule has 7 nitrogen and oxygen atoms in total. The first-order valence-corrected chi connectivity index (χ1v) is 11.5. The Bertz CT molecular complexity index is 566. The number of amides is 2. The Hall–Kier alpha value is -1.79. The van der Waals surface area contributed by atoms with Crippen molar-refractivity contribution in [3.63, 3.8) is 0 Å². The van der Waals surface area contributed by atoms with Gasteiger partial charge in [0, 0.05) is 24.9 Å². The number of esters is 1. The summed E-state index contributed by atoms with van der Waals surface area (Å²) in [6.07, 6.45) is 4.57. The fourth-order valence-electron chi connectivity index (χ4n) is 4.60. The van der Waals surface area contributed by atoms with Gasteiger partial charge in [0.2, 0.25) is 5.91 Å². The summed E-state index contributed by atoms with van der Waals surface area (Å²) >= 11 is 0. The van der Waals surface area contributed by atoms with Gasteiger partial charge in [-0.05, 0) is 59.3 Å². The topological polar surface area (TPSA) is 93.7 Å². The highest BCUT2D eigenvalue weighted by Gasteiger charge is 2.45. The molecule has 0 saturated heterocycles. The average molecular weight is 427 g/mol. The van der Waals surface area contributed by atoms with Gasteiger partial charge in [-0.2, -0.15) is 0 Å². The summed E-state index contributed by atoms with van der Waals surface area (Å²) in [6, 6.07) is -0.371. The smallest absolute Gasteiger partial charge is 0.407 e. The summed E-state index contributed by atoms with van der Waals surface area (Å²) in [5.74, 6) is -0.389. The van der Waals surface area contributed by atoms with E-state index in [1.54, 1.807) is 6.92 Å². The zero-order chi connectivity index (χ0) is 22.9. The van der Waals surface area contributed by atoms with Gasteiger partial charge in [0.1, 0.15) is 5.60 Å². The maximum atomic E-state index is 12.5.